The highest BCUT2D eigenvalue weighted by atomic mass is 32.1. The lowest BCUT2D eigenvalue weighted by molar-refractivity contribution is -0.385. The second-order valence-corrected chi connectivity index (χ2v) is 8.70. The lowest BCUT2D eigenvalue weighted by Gasteiger charge is -2.23. The first-order valence-corrected chi connectivity index (χ1v) is 11.6. The Hall–Kier alpha value is -4.24. The highest BCUT2D eigenvalue weighted by Crippen LogP contribution is 2.29. The van der Waals surface area contributed by atoms with Gasteiger partial charge in [0.15, 0.2) is 5.11 Å². The van der Waals surface area contributed by atoms with Crippen LogP contribution < -0.4 is 14.8 Å². The summed E-state index contributed by atoms with van der Waals surface area (Å²) in [6.45, 7) is 3.78. The van der Waals surface area contributed by atoms with Gasteiger partial charge in [0.05, 0.1) is 18.1 Å². The lowest BCUT2D eigenvalue weighted by atomic mass is 10.1. The molecule has 9 heteroatoms. The van der Waals surface area contributed by atoms with Crippen LogP contribution in [0.4, 0.5) is 5.69 Å². The standard InChI is InChI=1S/C27H25N3O5S/c1-17-13-22(10-11-24(17)30(32)33)35-16-21-14-19(9-12-25(21)34-3)15-23-26(31)29(27(36)28-23)18(2)20-7-5-4-6-8-20/h4-15,18H,16H2,1-3H3,(H,28,36)/b23-15-. The van der Waals surface area contributed by atoms with Crippen molar-refractivity contribution in [2.24, 2.45) is 0 Å². The molecule has 1 atom stereocenters. The number of amides is 1. The molecule has 1 fully saturated rings. The van der Waals surface area contributed by atoms with E-state index in [0.29, 0.717) is 27.9 Å². The quantitative estimate of drug-likeness (QED) is 0.193. The number of nitro benzene ring substituents is 1. The van der Waals surface area contributed by atoms with Crippen molar-refractivity contribution in [2.45, 2.75) is 26.5 Å². The fourth-order valence-electron chi connectivity index (χ4n) is 4.03. The van der Waals surface area contributed by atoms with Crippen LogP contribution in [0.1, 0.15) is 35.2 Å². The molecule has 0 aromatic heterocycles. The molecule has 1 N–H and O–H groups in total. The SMILES string of the molecule is COc1ccc(/C=C2\NC(=S)N(C(C)c3ccccc3)C2=O)cc1COc1ccc([N+](=O)[O-])c(C)c1. The Bertz CT molecular complexity index is 1360. The normalized spacial score (nSPS) is 15.1. The van der Waals surface area contributed by atoms with Crippen molar-refractivity contribution in [3.8, 4) is 11.5 Å². The van der Waals surface area contributed by atoms with Crippen LogP contribution in [0.3, 0.4) is 0 Å². The molecule has 184 valence electrons. The number of hydrogen-bond donors (Lipinski definition) is 1. The van der Waals surface area contributed by atoms with Crippen molar-refractivity contribution in [1.29, 1.82) is 0 Å². The summed E-state index contributed by atoms with van der Waals surface area (Å²) in [5.41, 5.74) is 3.44. The number of hydrogen-bond acceptors (Lipinski definition) is 6. The summed E-state index contributed by atoms with van der Waals surface area (Å²) in [5, 5.41) is 14.4. The number of nitrogens with zero attached hydrogens (tertiary/aromatic N) is 2. The second kappa shape index (κ2) is 10.6. The summed E-state index contributed by atoms with van der Waals surface area (Å²) in [6.07, 6.45) is 1.74. The molecule has 1 heterocycles. The van der Waals surface area contributed by atoms with E-state index >= 15 is 0 Å². The Morgan fingerprint density at radius 1 is 1.14 bits per heavy atom. The van der Waals surface area contributed by atoms with Gasteiger partial charge in [-0.05, 0) is 67.5 Å². The third-order valence-corrected chi connectivity index (χ3v) is 6.25. The Labute approximate surface area is 214 Å². The summed E-state index contributed by atoms with van der Waals surface area (Å²) in [7, 11) is 1.57. The summed E-state index contributed by atoms with van der Waals surface area (Å²) in [5.74, 6) is 0.926. The van der Waals surface area contributed by atoms with Crippen LogP contribution in [-0.4, -0.2) is 28.0 Å². The predicted octanol–water partition coefficient (Wildman–Crippen LogP) is 5.31. The first-order chi connectivity index (χ1) is 17.3. The lowest BCUT2D eigenvalue weighted by Crippen LogP contribution is -2.33. The average Bonchev–Trinajstić information content (AvgIpc) is 3.15. The number of ether oxygens (including phenoxy) is 2. The zero-order valence-electron chi connectivity index (χ0n) is 20.1. The van der Waals surface area contributed by atoms with Crippen LogP contribution >= 0.6 is 12.2 Å². The van der Waals surface area contributed by atoms with Gasteiger partial charge in [-0.3, -0.25) is 19.8 Å². The first kappa shape index (κ1) is 24.9. The van der Waals surface area contributed by atoms with E-state index in [1.165, 1.54) is 6.07 Å². The maximum absolute atomic E-state index is 13.2. The topological polar surface area (TPSA) is 93.9 Å². The van der Waals surface area contributed by atoms with Crippen molar-refractivity contribution >= 4 is 35.0 Å². The number of carbonyl (C=O) groups excluding carboxylic acids is 1. The molecular weight excluding hydrogens is 478 g/mol. The molecule has 1 aliphatic heterocycles. The Morgan fingerprint density at radius 3 is 2.56 bits per heavy atom. The Balaban J connectivity index is 1.54. The molecule has 4 rings (SSSR count). The van der Waals surface area contributed by atoms with Gasteiger partial charge in [0.1, 0.15) is 23.8 Å². The van der Waals surface area contributed by atoms with Gasteiger partial charge in [0.25, 0.3) is 11.6 Å². The van der Waals surface area contributed by atoms with E-state index in [1.807, 2.05) is 49.4 Å². The summed E-state index contributed by atoms with van der Waals surface area (Å²) in [6, 6.07) is 19.6. The van der Waals surface area contributed by atoms with Gasteiger partial charge in [0.2, 0.25) is 0 Å². The Kier molecular flexibility index (Phi) is 7.30. The van der Waals surface area contributed by atoms with Crippen molar-refractivity contribution < 1.29 is 19.2 Å². The number of nitro groups is 1. The third-order valence-electron chi connectivity index (χ3n) is 5.95. The fourth-order valence-corrected chi connectivity index (χ4v) is 4.38. The number of rotatable bonds is 8. The van der Waals surface area contributed by atoms with E-state index in [9.17, 15) is 14.9 Å². The minimum atomic E-state index is -0.426. The minimum Gasteiger partial charge on any atom is -0.496 e. The second-order valence-electron chi connectivity index (χ2n) is 8.32. The van der Waals surface area contributed by atoms with Crippen LogP contribution in [0.15, 0.2) is 72.4 Å². The first-order valence-electron chi connectivity index (χ1n) is 11.2. The van der Waals surface area contributed by atoms with Gasteiger partial charge in [0, 0.05) is 17.2 Å². The molecule has 1 aliphatic rings. The smallest absolute Gasteiger partial charge is 0.277 e. The average molecular weight is 504 g/mol. The third kappa shape index (κ3) is 5.21. The molecule has 1 unspecified atom stereocenters. The van der Waals surface area contributed by atoms with E-state index in [2.05, 4.69) is 5.32 Å². The van der Waals surface area contributed by atoms with Crippen molar-refractivity contribution in [1.82, 2.24) is 10.2 Å². The van der Waals surface area contributed by atoms with Crippen molar-refractivity contribution in [2.75, 3.05) is 7.11 Å². The zero-order valence-corrected chi connectivity index (χ0v) is 20.9. The number of nitrogens with one attached hydrogen (secondary N) is 1. The van der Waals surface area contributed by atoms with Crippen LogP contribution in [0.25, 0.3) is 6.08 Å². The van der Waals surface area contributed by atoms with E-state index in [-0.39, 0.29) is 24.2 Å². The van der Waals surface area contributed by atoms with E-state index < -0.39 is 4.92 Å². The molecule has 0 radical (unpaired) electrons. The molecular formula is C27H25N3O5S. The van der Waals surface area contributed by atoms with E-state index in [4.69, 9.17) is 21.7 Å². The van der Waals surface area contributed by atoms with E-state index in [0.717, 1.165) is 16.7 Å². The fraction of sp³-hybridized carbons (Fsp3) is 0.185. The molecule has 8 nitrogen and oxygen atoms in total. The molecule has 0 aliphatic carbocycles. The van der Waals surface area contributed by atoms with Crippen molar-refractivity contribution in [3.63, 3.8) is 0 Å². The van der Waals surface area contributed by atoms with Gasteiger partial charge >= 0.3 is 0 Å². The Morgan fingerprint density at radius 2 is 1.89 bits per heavy atom. The number of carbonyl (C=O) groups is 1. The van der Waals surface area contributed by atoms with Crippen LogP contribution in [0, 0.1) is 17.0 Å². The van der Waals surface area contributed by atoms with Gasteiger partial charge < -0.3 is 14.8 Å². The zero-order chi connectivity index (χ0) is 25.8. The maximum Gasteiger partial charge on any atom is 0.277 e. The summed E-state index contributed by atoms with van der Waals surface area (Å²) in [4.78, 5) is 25.4. The molecule has 0 spiro atoms. The highest BCUT2D eigenvalue weighted by molar-refractivity contribution is 7.80. The molecule has 0 saturated carbocycles. The van der Waals surface area contributed by atoms with Gasteiger partial charge in [-0.15, -0.1) is 0 Å². The molecule has 0 bridgehead atoms. The number of thiocarbonyl (C=S) groups is 1. The number of methoxy groups -OCH3 is 1. The molecule has 1 saturated heterocycles. The minimum absolute atomic E-state index is 0.0378. The van der Waals surface area contributed by atoms with Gasteiger partial charge in [-0.2, -0.15) is 0 Å². The van der Waals surface area contributed by atoms with Crippen LogP contribution in [-0.2, 0) is 11.4 Å². The highest BCUT2D eigenvalue weighted by Gasteiger charge is 2.34. The van der Waals surface area contributed by atoms with E-state index in [1.54, 1.807) is 43.2 Å². The van der Waals surface area contributed by atoms with Gasteiger partial charge in [-0.1, -0.05) is 36.4 Å². The molecule has 1 amide bonds. The number of benzene rings is 3. The maximum atomic E-state index is 13.2. The molecule has 3 aromatic carbocycles. The summed E-state index contributed by atoms with van der Waals surface area (Å²) >= 11 is 5.45. The molecule has 36 heavy (non-hydrogen) atoms. The number of aryl methyl sites for hydroxylation is 1. The molecule has 3 aromatic rings. The predicted molar refractivity (Wildman–Crippen MR) is 141 cm³/mol. The van der Waals surface area contributed by atoms with Crippen LogP contribution in [0.5, 0.6) is 11.5 Å². The largest absolute Gasteiger partial charge is 0.496 e. The summed E-state index contributed by atoms with van der Waals surface area (Å²) < 4.78 is 11.3. The monoisotopic (exact) mass is 503 g/mol. The van der Waals surface area contributed by atoms with Gasteiger partial charge in [-0.25, -0.2) is 0 Å². The van der Waals surface area contributed by atoms with Crippen molar-refractivity contribution in [3.05, 3.63) is 105 Å². The van der Waals surface area contributed by atoms with Crippen LogP contribution in [0.2, 0.25) is 0 Å².